The molecule has 4 aromatic rings. The lowest BCUT2D eigenvalue weighted by Crippen LogP contribution is -1.87. The summed E-state index contributed by atoms with van der Waals surface area (Å²) in [7, 11) is 0. The summed E-state index contributed by atoms with van der Waals surface area (Å²) in [6, 6.07) is 26.1. The lowest BCUT2D eigenvalue weighted by molar-refractivity contribution is 0.632. The maximum Gasteiger partial charge on any atom is 0.131 e. The van der Waals surface area contributed by atoms with Gasteiger partial charge in [0.1, 0.15) is 5.82 Å². The van der Waals surface area contributed by atoms with Crippen molar-refractivity contribution in [2.24, 2.45) is 0 Å². The molecule has 0 amide bonds. The zero-order valence-electron chi connectivity index (χ0n) is 14.4. The molecular formula is C24H19F. The second-order valence-corrected chi connectivity index (χ2v) is 6.63. The Labute approximate surface area is 147 Å². The van der Waals surface area contributed by atoms with Crippen molar-refractivity contribution >= 4 is 10.8 Å². The van der Waals surface area contributed by atoms with Crippen molar-refractivity contribution in [3.8, 4) is 22.3 Å². The maximum atomic E-state index is 14.8. The van der Waals surface area contributed by atoms with Gasteiger partial charge in [-0.25, -0.2) is 4.39 Å². The first-order valence-corrected chi connectivity index (χ1v) is 8.47. The lowest BCUT2D eigenvalue weighted by Gasteiger charge is -2.09. The number of aryl methyl sites for hydroxylation is 2. The summed E-state index contributed by atoms with van der Waals surface area (Å²) in [5.74, 6) is -0.190. The SMILES string of the molecule is Cc1ccc(-c2ccc(-c3ccc4cc(C)ccc4c3)c(F)c2)cc1. The van der Waals surface area contributed by atoms with Gasteiger partial charge < -0.3 is 0 Å². The van der Waals surface area contributed by atoms with Crippen LogP contribution in [0.5, 0.6) is 0 Å². The molecule has 122 valence electrons. The molecule has 0 aromatic heterocycles. The lowest BCUT2D eigenvalue weighted by atomic mass is 9.97. The summed E-state index contributed by atoms with van der Waals surface area (Å²) < 4.78 is 14.8. The van der Waals surface area contributed by atoms with Crippen LogP contribution in [0, 0.1) is 19.7 Å². The van der Waals surface area contributed by atoms with Crippen LogP contribution in [0.3, 0.4) is 0 Å². The van der Waals surface area contributed by atoms with E-state index in [1.54, 1.807) is 6.07 Å². The highest BCUT2D eigenvalue weighted by Crippen LogP contribution is 2.30. The number of hydrogen-bond donors (Lipinski definition) is 0. The van der Waals surface area contributed by atoms with Gasteiger partial charge in [0.05, 0.1) is 0 Å². The molecule has 25 heavy (non-hydrogen) atoms. The molecule has 0 unspecified atom stereocenters. The Kier molecular flexibility index (Phi) is 3.85. The third-order valence-electron chi connectivity index (χ3n) is 4.66. The third-order valence-corrected chi connectivity index (χ3v) is 4.66. The zero-order chi connectivity index (χ0) is 17.4. The van der Waals surface area contributed by atoms with E-state index in [0.29, 0.717) is 5.56 Å². The molecule has 0 spiro atoms. The number of hydrogen-bond acceptors (Lipinski definition) is 0. The second kappa shape index (κ2) is 6.18. The van der Waals surface area contributed by atoms with E-state index in [1.165, 1.54) is 16.5 Å². The Balaban J connectivity index is 1.75. The number of fused-ring (bicyclic) bond motifs is 1. The molecule has 4 aromatic carbocycles. The molecule has 0 aliphatic carbocycles. The second-order valence-electron chi connectivity index (χ2n) is 6.63. The third kappa shape index (κ3) is 3.06. The van der Waals surface area contributed by atoms with E-state index >= 15 is 0 Å². The van der Waals surface area contributed by atoms with Gasteiger partial charge in [0.25, 0.3) is 0 Å². The van der Waals surface area contributed by atoms with Crippen LogP contribution in [0.2, 0.25) is 0 Å². The highest BCUT2D eigenvalue weighted by molar-refractivity contribution is 5.88. The molecule has 0 fully saturated rings. The van der Waals surface area contributed by atoms with Gasteiger partial charge in [0.15, 0.2) is 0 Å². The molecule has 0 aliphatic rings. The minimum absolute atomic E-state index is 0.190. The fourth-order valence-electron chi connectivity index (χ4n) is 3.21. The summed E-state index contributed by atoms with van der Waals surface area (Å²) >= 11 is 0. The molecular weight excluding hydrogens is 307 g/mol. The molecule has 1 heteroatoms. The van der Waals surface area contributed by atoms with Gasteiger partial charge >= 0.3 is 0 Å². The summed E-state index contributed by atoms with van der Waals surface area (Å²) in [4.78, 5) is 0. The first-order chi connectivity index (χ1) is 12.1. The standard InChI is InChI=1S/C24H19F/c1-16-3-6-18(7-4-16)21-11-12-23(24(25)15-21)22-10-9-19-13-17(2)5-8-20(19)14-22/h3-15H,1-2H3. The minimum Gasteiger partial charge on any atom is -0.206 e. The first-order valence-electron chi connectivity index (χ1n) is 8.47. The molecule has 0 nitrogen and oxygen atoms in total. The van der Waals surface area contributed by atoms with Gasteiger partial charge in [-0.2, -0.15) is 0 Å². The molecule has 0 saturated heterocycles. The van der Waals surface area contributed by atoms with E-state index in [-0.39, 0.29) is 5.82 Å². The zero-order valence-corrected chi connectivity index (χ0v) is 14.4. The predicted molar refractivity (Wildman–Crippen MR) is 104 cm³/mol. The number of halogens is 1. The van der Waals surface area contributed by atoms with E-state index in [9.17, 15) is 4.39 Å². The van der Waals surface area contributed by atoms with Crippen LogP contribution in [0.15, 0.2) is 78.9 Å². The van der Waals surface area contributed by atoms with Crippen LogP contribution < -0.4 is 0 Å². The molecule has 4 rings (SSSR count). The first kappa shape index (κ1) is 15.6. The number of benzene rings is 4. The Morgan fingerprint density at radius 3 is 1.88 bits per heavy atom. The topological polar surface area (TPSA) is 0 Å². The van der Waals surface area contributed by atoms with Crippen LogP contribution in [0.1, 0.15) is 11.1 Å². The van der Waals surface area contributed by atoms with Crippen molar-refractivity contribution in [2.45, 2.75) is 13.8 Å². The predicted octanol–water partition coefficient (Wildman–Crippen LogP) is 6.93. The van der Waals surface area contributed by atoms with Crippen LogP contribution in [-0.4, -0.2) is 0 Å². The Hall–Kier alpha value is -2.93. The molecule has 0 saturated carbocycles. The maximum absolute atomic E-state index is 14.8. The van der Waals surface area contributed by atoms with Crippen molar-refractivity contribution in [1.29, 1.82) is 0 Å². The van der Waals surface area contributed by atoms with Crippen LogP contribution in [0.4, 0.5) is 4.39 Å². The van der Waals surface area contributed by atoms with Gasteiger partial charge in [-0.15, -0.1) is 0 Å². The quantitative estimate of drug-likeness (QED) is 0.374. The highest BCUT2D eigenvalue weighted by atomic mass is 19.1. The largest absolute Gasteiger partial charge is 0.206 e. The fourth-order valence-corrected chi connectivity index (χ4v) is 3.21. The van der Waals surface area contributed by atoms with Gasteiger partial charge in [0, 0.05) is 5.56 Å². The van der Waals surface area contributed by atoms with Crippen LogP contribution in [-0.2, 0) is 0 Å². The van der Waals surface area contributed by atoms with Gasteiger partial charge in [-0.1, -0.05) is 77.9 Å². The molecule has 0 atom stereocenters. The average molecular weight is 326 g/mol. The van der Waals surface area contributed by atoms with E-state index in [1.807, 2.05) is 42.5 Å². The van der Waals surface area contributed by atoms with Gasteiger partial charge in [-0.3, -0.25) is 0 Å². The normalized spacial score (nSPS) is 11.0. The highest BCUT2D eigenvalue weighted by Gasteiger charge is 2.08. The van der Waals surface area contributed by atoms with E-state index in [0.717, 1.165) is 22.1 Å². The van der Waals surface area contributed by atoms with Crippen LogP contribution in [0.25, 0.3) is 33.0 Å². The Bertz CT molecular complexity index is 1060. The average Bonchev–Trinajstić information content (AvgIpc) is 2.62. The molecule has 0 radical (unpaired) electrons. The monoisotopic (exact) mass is 326 g/mol. The van der Waals surface area contributed by atoms with E-state index in [4.69, 9.17) is 0 Å². The van der Waals surface area contributed by atoms with Gasteiger partial charge in [-0.05, 0) is 53.4 Å². The Morgan fingerprint density at radius 1 is 0.520 bits per heavy atom. The van der Waals surface area contributed by atoms with Crippen molar-refractivity contribution < 1.29 is 4.39 Å². The van der Waals surface area contributed by atoms with Crippen molar-refractivity contribution in [1.82, 2.24) is 0 Å². The molecule has 0 bridgehead atoms. The smallest absolute Gasteiger partial charge is 0.131 e. The Morgan fingerprint density at radius 2 is 1.12 bits per heavy atom. The van der Waals surface area contributed by atoms with E-state index in [2.05, 4.69) is 44.2 Å². The van der Waals surface area contributed by atoms with Crippen molar-refractivity contribution in [2.75, 3.05) is 0 Å². The van der Waals surface area contributed by atoms with Crippen LogP contribution >= 0.6 is 0 Å². The van der Waals surface area contributed by atoms with Crippen molar-refractivity contribution in [3.63, 3.8) is 0 Å². The summed E-state index contributed by atoms with van der Waals surface area (Å²) in [6.07, 6.45) is 0. The minimum atomic E-state index is -0.190. The summed E-state index contributed by atoms with van der Waals surface area (Å²) in [5, 5.41) is 2.31. The molecule has 0 N–H and O–H groups in total. The summed E-state index contributed by atoms with van der Waals surface area (Å²) in [5.41, 5.74) is 5.91. The number of rotatable bonds is 2. The van der Waals surface area contributed by atoms with E-state index < -0.39 is 0 Å². The molecule has 0 aliphatic heterocycles. The van der Waals surface area contributed by atoms with Gasteiger partial charge in [0.2, 0.25) is 0 Å². The summed E-state index contributed by atoms with van der Waals surface area (Å²) in [6.45, 7) is 4.13. The van der Waals surface area contributed by atoms with Crippen molar-refractivity contribution in [3.05, 3.63) is 95.8 Å². The fraction of sp³-hybridized carbons (Fsp3) is 0.0833. The molecule has 0 heterocycles.